The van der Waals surface area contributed by atoms with Crippen LogP contribution in [0.25, 0.3) is 5.57 Å². The Balaban J connectivity index is 1.65. The average Bonchev–Trinajstić information content (AvgIpc) is 3.05. The standard InChI is InChI=1S/C21H31ClFN5O/c1-12-17(22)20(24-2)27-21(25-12)26-15-11-14-7-10-29-19(14)16(18(15)23)13-5-4-8-28(3)9-6-13/h6,11-12,17,20-21,24-27H,4-5,7-10H2,1-3H3. The minimum Gasteiger partial charge on any atom is -0.492 e. The number of alkyl halides is 1. The number of hydrogen-bond acceptors (Lipinski definition) is 6. The third-order valence-electron chi connectivity index (χ3n) is 6.05. The van der Waals surface area contributed by atoms with Crippen LogP contribution in [0.15, 0.2) is 12.1 Å². The summed E-state index contributed by atoms with van der Waals surface area (Å²) in [7, 11) is 3.96. The Kier molecular flexibility index (Phi) is 6.32. The molecule has 6 nitrogen and oxygen atoms in total. The van der Waals surface area contributed by atoms with Gasteiger partial charge in [-0.2, -0.15) is 0 Å². The van der Waals surface area contributed by atoms with Gasteiger partial charge in [0.2, 0.25) is 0 Å². The Morgan fingerprint density at radius 3 is 2.93 bits per heavy atom. The van der Waals surface area contributed by atoms with Crippen molar-refractivity contribution in [2.75, 3.05) is 39.1 Å². The summed E-state index contributed by atoms with van der Waals surface area (Å²) in [4.78, 5) is 2.26. The van der Waals surface area contributed by atoms with Crippen LogP contribution in [-0.4, -0.2) is 62.6 Å². The molecular formula is C21H31ClFN5O. The van der Waals surface area contributed by atoms with Gasteiger partial charge >= 0.3 is 0 Å². The number of fused-ring (bicyclic) bond motifs is 1. The van der Waals surface area contributed by atoms with Gasteiger partial charge in [-0.15, -0.1) is 11.6 Å². The Hall–Kier alpha value is -1.38. The number of nitrogens with zero attached hydrogens (tertiary/aromatic N) is 1. The fraction of sp³-hybridized carbons (Fsp3) is 0.619. The molecule has 3 aliphatic heterocycles. The number of ether oxygens (including phenoxy) is 1. The van der Waals surface area contributed by atoms with Crippen molar-refractivity contribution in [3.8, 4) is 5.75 Å². The third kappa shape index (κ3) is 4.25. The Labute approximate surface area is 177 Å². The molecule has 0 aliphatic carbocycles. The minimum absolute atomic E-state index is 0.0632. The third-order valence-corrected chi connectivity index (χ3v) is 6.68. The number of halogens is 2. The van der Waals surface area contributed by atoms with Crippen molar-refractivity contribution >= 4 is 22.9 Å². The Morgan fingerprint density at radius 1 is 1.31 bits per heavy atom. The van der Waals surface area contributed by atoms with Gasteiger partial charge in [0.1, 0.15) is 12.0 Å². The van der Waals surface area contributed by atoms with Gasteiger partial charge in [0.05, 0.1) is 29.4 Å². The van der Waals surface area contributed by atoms with Gasteiger partial charge < -0.3 is 20.3 Å². The monoisotopic (exact) mass is 423 g/mol. The van der Waals surface area contributed by atoms with Crippen LogP contribution in [0, 0.1) is 5.82 Å². The second-order valence-electron chi connectivity index (χ2n) is 8.21. The van der Waals surface area contributed by atoms with Crippen LogP contribution in [-0.2, 0) is 6.42 Å². The summed E-state index contributed by atoms with van der Waals surface area (Å²) < 4.78 is 21.6. The lowest BCUT2D eigenvalue weighted by atomic mass is 9.96. The molecule has 160 valence electrons. The number of allylic oxidation sites excluding steroid dienone is 1. The average molecular weight is 424 g/mol. The molecule has 29 heavy (non-hydrogen) atoms. The van der Waals surface area contributed by atoms with Crippen LogP contribution >= 0.6 is 11.6 Å². The fourth-order valence-electron chi connectivity index (χ4n) is 4.37. The normalized spacial score (nSPS) is 30.3. The maximum atomic E-state index is 15.8. The highest BCUT2D eigenvalue weighted by molar-refractivity contribution is 6.21. The molecule has 4 rings (SSSR count). The van der Waals surface area contributed by atoms with Crippen molar-refractivity contribution in [1.82, 2.24) is 20.9 Å². The lowest BCUT2D eigenvalue weighted by Gasteiger charge is -2.40. The van der Waals surface area contributed by atoms with Crippen LogP contribution < -0.4 is 26.0 Å². The maximum Gasteiger partial charge on any atom is 0.157 e. The summed E-state index contributed by atoms with van der Waals surface area (Å²) >= 11 is 6.45. The zero-order valence-electron chi connectivity index (χ0n) is 17.3. The van der Waals surface area contributed by atoms with E-state index in [4.69, 9.17) is 16.3 Å². The van der Waals surface area contributed by atoms with E-state index >= 15 is 4.39 Å². The largest absolute Gasteiger partial charge is 0.492 e. The zero-order chi connectivity index (χ0) is 20.5. The van der Waals surface area contributed by atoms with Crippen molar-refractivity contribution < 1.29 is 9.13 Å². The van der Waals surface area contributed by atoms with Crippen LogP contribution in [0.1, 0.15) is 30.9 Å². The first-order valence-electron chi connectivity index (χ1n) is 10.4. The molecule has 3 heterocycles. The SMILES string of the molecule is CNC1NC(Nc2cc3c(c(C4=CCN(C)CCC4)c2F)OCC3)NC(C)C1Cl. The van der Waals surface area contributed by atoms with Gasteiger partial charge in [-0.1, -0.05) is 6.08 Å². The molecule has 1 aromatic carbocycles. The molecule has 0 spiro atoms. The molecule has 4 atom stereocenters. The zero-order valence-corrected chi connectivity index (χ0v) is 18.1. The van der Waals surface area contributed by atoms with Crippen LogP contribution in [0.5, 0.6) is 5.75 Å². The number of rotatable bonds is 4. The van der Waals surface area contributed by atoms with Gasteiger partial charge in [0.25, 0.3) is 0 Å². The van der Waals surface area contributed by atoms with Crippen molar-refractivity contribution in [3.05, 3.63) is 29.1 Å². The van der Waals surface area contributed by atoms with E-state index in [1.165, 1.54) is 0 Å². The van der Waals surface area contributed by atoms with Crippen molar-refractivity contribution in [1.29, 1.82) is 0 Å². The summed E-state index contributed by atoms with van der Waals surface area (Å²) in [6.07, 6.45) is 4.44. The van der Waals surface area contributed by atoms with E-state index in [0.717, 1.165) is 49.2 Å². The molecule has 0 aromatic heterocycles. The molecule has 8 heteroatoms. The summed E-state index contributed by atoms with van der Waals surface area (Å²) in [5, 5.41) is 13.1. The van der Waals surface area contributed by atoms with Crippen LogP contribution in [0.4, 0.5) is 10.1 Å². The topological polar surface area (TPSA) is 60.6 Å². The first-order chi connectivity index (χ1) is 14.0. The highest BCUT2D eigenvalue weighted by atomic mass is 35.5. The summed E-state index contributed by atoms with van der Waals surface area (Å²) in [6.45, 7) is 4.47. The lowest BCUT2D eigenvalue weighted by Crippen LogP contribution is -2.69. The van der Waals surface area contributed by atoms with Crippen molar-refractivity contribution in [2.45, 2.75) is 50.1 Å². The smallest absolute Gasteiger partial charge is 0.157 e. The van der Waals surface area contributed by atoms with Gasteiger partial charge in [0.15, 0.2) is 5.82 Å². The first-order valence-corrected chi connectivity index (χ1v) is 10.9. The van der Waals surface area contributed by atoms with E-state index < -0.39 is 0 Å². The molecule has 0 bridgehead atoms. The van der Waals surface area contributed by atoms with Crippen LogP contribution in [0.3, 0.4) is 0 Å². The molecule has 4 unspecified atom stereocenters. The van der Waals surface area contributed by atoms with Crippen LogP contribution in [0.2, 0.25) is 0 Å². The summed E-state index contributed by atoms with van der Waals surface area (Å²) in [6, 6.07) is 1.95. The van der Waals surface area contributed by atoms with E-state index in [1.54, 1.807) is 0 Å². The van der Waals surface area contributed by atoms with E-state index in [1.807, 2.05) is 20.0 Å². The molecule has 1 fully saturated rings. The van der Waals surface area contributed by atoms with E-state index in [-0.39, 0.29) is 29.7 Å². The summed E-state index contributed by atoms with van der Waals surface area (Å²) in [5.74, 6) is 0.474. The highest BCUT2D eigenvalue weighted by Gasteiger charge is 2.33. The van der Waals surface area contributed by atoms with Gasteiger partial charge in [-0.3, -0.25) is 10.6 Å². The Morgan fingerprint density at radius 2 is 2.14 bits per heavy atom. The van der Waals surface area contributed by atoms with Crippen molar-refractivity contribution in [2.24, 2.45) is 0 Å². The van der Waals surface area contributed by atoms with Gasteiger partial charge in [-0.05, 0) is 52.0 Å². The highest BCUT2D eigenvalue weighted by Crippen LogP contribution is 2.41. The Bertz CT molecular complexity index is 789. The molecule has 0 amide bonds. The van der Waals surface area contributed by atoms with Gasteiger partial charge in [0, 0.05) is 24.6 Å². The molecule has 1 saturated heterocycles. The second kappa shape index (κ2) is 8.78. The second-order valence-corrected chi connectivity index (χ2v) is 8.71. The fourth-order valence-corrected chi connectivity index (χ4v) is 4.65. The summed E-state index contributed by atoms with van der Waals surface area (Å²) in [5.41, 5.74) is 3.22. The predicted molar refractivity (Wildman–Crippen MR) is 116 cm³/mol. The number of likely N-dealkylation sites (N-methyl/N-ethyl adjacent to an activating group) is 1. The molecule has 4 N–H and O–H groups in total. The minimum atomic E-state index is -0.297. The maximum absolute atomic E-state index is 15.8. The number of hydrogen-bond donors (Lipinski definition) is 4. The van der Waals surface area contributed by atoms with Crippen molar-refractivity contribution in [3.63, 3.8) is 0 Å². The number of benzene rings is 1. The quantitative estimate of drug-likeness (QED) is 0.557. The van der Waals surface area contributed by atoms with Gasteiger partial charge in [-0.25, -0.2) is 4.39 Å². The predicted octanol–water partition coefficient (Wildman–Crippen LogP) is 2.30. The van der Waals surface area contributed by atoms with E-state index in [0.29, 0.717) is 17.9 Å². The lowest BCUT2D eigenvalue weighted by molar-refractivity contribution is 0.254. The first kappa shape index (κ1) is 20.9. The van der Waals surface area contributed by atoms with E-state index in [9.17, 15) is 0 Å². The molecule has 1 aromatic rings. The molecular weight excluding hydrogens is 393 g/mol. The molecule has 0 saturated carbocycles. The van der Waals surface area contributed by atoms with E-state index in [2.05, 4.69) is 39.3 Å². The molecule has 3 aliphatic rings. The number of anilines is 1. The molecule has 0 radical (unpaired) electrons. The number of nitrogens with one attached hydrogen (secondary N) is 4.